The van der Waals surface area contributed by atoms with E-state index in [1.165, 1.54) is 7.11 Å². The Morgan fingerprint density at radius 2 is 1.85 bits per heavy atom. The minimum absolute atomic E-state index is 0.00975. The van der Waals surface area contributed by atoms with Crippen molar-refractivity contribution in [2.24, 2.45) is 5.41 Å². The Hall–Kier alpha value is -1.98. The van der Waals surface area contributed by atoms with Crippen molar-refractivity contribution in [2.75, 3.05) is 41.3 Å². The number of carbonyl (C=O) groups excluding carboxylic acids is 2. The standard InChI is InChI=1S/C21H31N2O3/c1-21(2,14-22(3)4)15-23(5)13-19(26-6)20(25)17(23)12-18(24)16-10-8-7-9-11-16/h7-11,13,17H,12,14-15H2,1-6H3/q+1. The van der Waals surface area contributed by atoms with Gasteiger partial charge in [0.2, 0.25) is 5.76 Å². The van der Waals surface area contributed by atoms with Crippen LogP contribution in [0.1, 0.15) is 30.6 Å². The van der Waals surface area contributed by atoms with Gasteiger partial charge in [-0.2, -0.15) is 0 Å². The SMILES string of the molecule is COC1=C[N+](C)(CC(C)(C)CN(C)C)C(CC(=O)c2ccccc2)C1=O. The molecule has 0 aromatic heterocycles. The molecule has 1 aromatic rings. The minimum atomic E-state index is -0.445. The Labute approximate surface area is 156 Å². The van der Waals surface area contributed by atoms with Crippen molar-refractivity contribution in [3.8, 4) is 0 Å². The number of ether oxygens (including phenoxy) is 1. The van der Waals surface area contributed by atoms with E-state index in [2.05, 4.69) is 18.7 Å². The number of carbonyl (C=O) groups is 2. The first-order valence-corrected chi connectivity index (χ1v) is 8.97. The highest BCUT2D eigenvalue weighted by Crippen LogP contribution is 2.33. The van der Waals surface area contributed by atoms with Crippen LogP contribution in [0, 0.1) is 5.41 Å². The second-order valence-electron chi connectivity index (χ2n) is 8.48. The molecule has 0 spiro atoms. The molecule has 2 atom stereocenters. The number of rotatable bonds is 8. The minimum Gasteiger partial charge on any atom is -0.489 e. The molecule has 2 rings (SSSR count). The quantitative estimate of drug-likeness (QED) is 0.529. The number of likely N-dealkylation sites (N-methyl/N-ethyl adjacent to an activating group) is 1. The molecular formula is C21H31N2O3+. The Morgan fingerprint density at radius 3 is 2.38 bits per heavy atom. The zero-order valence-electron chi connectivity index (χ0n) is 16.8. The van der Waals surface area contributed by atoms with Gasteiger partial charge < -0.3 is 9.64 Å². The van der Waals surface area contributed by atoms with Crippen LogP contribution >= 0.6 is 0 Å². The largest absolute Gasteiger partial charge is 0.489 e. The predicted molar refractivity (Wildman–Crippen MR) is 103 cm³/mol. The first kappa shape index (κ1) is 20.3. The number of hydrogen-bond donors (Lipinski definition) is 0. The van der Waals surface area contributed by atoms with E-state index in [9.17, 15) is 9.59 Å². The fourth-order valence-electron chi connectivity index (χ4n) is 4.21. The van der Waals surface area contributed by atoms with Crippen molar-refractivity contribution < 1.29 is 18.8 Å². The average molecular weight is 359 g/mol. The summed E-state index contributed by atoms with van der Waals surface area (Å²) < 4.78 is 5.70. The summed E-state index contributed by atoms with van der Waals surface area (Å²) in [5.41, 5.74) is 0.622. The fraction of sp³-hybridized carbons (Fsp3) is 0.524. The van der Waals surface area contributed by atoms with Crippen LogP contribution in [-0.4, -0.2) is 68.3 Å². The highest BCUT2D eigenvalue weighted by molar-refractivity contribution is 6.04. The van der Waals surface area contributed by atoms with Crippen LogP contribution in [0.4, 0.5) is 0 Å². The first-order chi connectivity index (χ1) is 12.1. The molecular weight excluding hydrogens is 328 g/mol. The van der Waals surface area contributed by atoms with Crippen molar-refractivity contribution in [3.63, 3.8) is 0 Å². The zero-order valence-corrected chi connectivity index (χ0v) is 16.8. The maximum atomic E-state index is 12.9. The van der Waals surface area contributed by atoms with Crippen LogP contribution in [0.3, 0.4) is 0 Å². The Balaban J connectivity index is 2.27. The lowest BCUT2D eigenvalue weighted by Crippen LogP contribution is -2.54. The van der Waals surface area contributed by atoms with Crippen LogP contribution in [0.2, 0.25) is 0 Å². The van der Waals surface area contributed by atoms with E-state index >= 15 is 0 Å². The second kappa shape index (κ2) is 7.72. The third kappa shape index (κ3) is 4.59. The molecule has 0 bridgehead atoms. The van der Waals surface area contributed by atoms with Gasteiger partial charge in [-0.05, 0) is 14.1 Å². The molecule has 0 aliphatic carbocycles. The molecule has 0 saturated carbocycles. The second-order valence-corrected chi connectivity index (χ2v) is 8.48. The van der Waals surface area contributed by atoms with Crippen molar-refractivity contribution in [1.82, 2.24) is 4.90 Å². The van der Waals surface area contributed by atoms with E-state index in [0.29, 0.717) is 15.8 Å². The van der Waals surface area contributed by atoms with E-state index in [1.807, 2.05) is 45.5 Å². The lowest BCUT2D eigenvalue weighted by Gasteiger charge is -2.40. The van der Waals surface area contributed by atoms with E-state index < -0.39 is 6.04 Å². The van der Waals surface area contributed by atoms with Gasteiger partial charge in [-0.1, -0.05) is 44.2 Å². The van der Waals surface area contributed by atoms with E-state index in [1.54, 1.807) is 12.1 Å². The maximum absolute atomic E-state index is 12.9. The highest BCUT2D eigenvalue weighted by Gasteiger charge is 2.49. The van der Waals surface area contributed by atoms with Crippen molar-refractivity contribution in [1.29, 1.82) is 0 Å². The number of quaternary nitrogens is 1. The van der Waals surface area contributed by atoms with Crippen molar-refractivity contribution >= 4 is 11.6 Å². The molecule has 0 radical (unpaired) electrons. The van der Waals surface area contributed by atoms with Gasteiger partial charge in [-0.3, -0.25) is 14.1 Å². The number of ketones is 2. The zero-order chi connectivity index (χ0) is 19.5. The van der Waals surface area contributed by atoms with E-state index in [4.69, 9.17) is 4.74 Å². The number of methoxy groups -OCH3 is 1. The molecule has 1 aliphatic rings. The summed E-state index contributed by atoms with van der Waals surface area (Å²) >= 11 is 0. The predicted octanol–water partition coefficient (Wildman–Crippen LogP) is 2.73. The lowest BCUT2D eigenvalue weighted by molar-refractivity contribution is -0.878. The summed E-state index contributed by atoms with van der Waals surface area (Å²) in [7, 11) is 7.62. The van der Waals surface area contributed by atoms with Gasteiger partial charge >= 0.3 is 0 Å². The van der Waals surface area contributed by atoms with Gasteiger partial charge in [-0.15, -0.1) is 0 Å². The monoisotopic (exact) mass is 359 g/mol. The maximum Gasteiger partial charge on any atom is 0.260 e. The summed E-state index contributed by atoms with van der Waals surface area (Å²) in [6, 6.07) is 8.72. The molecule has 1 heterocycles. The van der Waals surface area contributed by atoms with Crippen LogP contribution in [0.15, 0.2) is 42.3 Å². The molecule has 5 nitrogen and oxygen atoms in total. The van der Waals surface area contributed by atoms with E-state index in [-0.39, 0.29) is 23.4 Å². The van der Waals surface area contributed by atoms with Gasteiger partial charge in [0.15, 0.2) is 11.8 Å². The molecule has 0 fully saturated rings. The van der Waals surface area contributed by atoms with Gasteiger partial charge in [0.05, 0.1) is 27.1 Å². The fourth-order valence-corrected chi connectivity index (χ4v) is 4.21. The van der Waals surface area contributed by atoms with Crippen LogP contribution in [-0.2, 0) is 9.53 Å². The third-order valence-electron chi connectivity index (χ3n) is 4.88. The number of hydrogen-bond acceptors (Lipinski definition) is 4. The third-order valence-corrected chi connectivity index (χ3v) is 4.88. The van der Waals surface area contributed by atoms with Crippen molar-refractivity contribution in [2.45, 2.75) is 26.3 Å². The van der Waals surface area contributed by atoms with Crippen LogP contribution in [0.25, 0.3) is 0 Å². The van der Waals surface area contributed by atoms with Crippen LogP contribution < -0.4 is 0 Å². The summed E-state index contributed by atoms with van der Waals surface area (Å²) in [6.07, 6.45) is 2.06. The lowest BCUT2D eigenvalue weighted by atomic mass is 9.89. The number of benzene rings is 1. The molecule has 0 saturated heterocycles. The Morgan fingerprint density at radius 1 is 1.23 bits per heavy atom. The van der Waals surface area contributed by atoms with Crippen molar-refractivity contribution in [3.05, 3.63) is 47.9 Å². The summed E-state index contributed by atoms with van der Waals surface area (Å²) in [5.74, 6) is 0.267. The van der Waals surface area contributed by atoms with Gasteiger partial charge in [0, 0.05) is 17.5 Å². The molecule has 26 heavy (non-hydrogen) atoms. The number of Topliss-reactive ketones (excluding diaryl/α,β-unsaturated/α-hetero) is 2. The Bertz CT molecular complexity index is 694. The number of nitrogens with zero attached hydrogens (tertiary/aromatic N) is 2. The molecule has 1 aromatic carbocycles. The topological polar surface area (TPSA) is 46.6 Å². The molecule has 2 unspecified atom stereocenters. The Kier molecular flexibility index (Phi) is 6.04. The molecule has 0 N–H and O–H groups in total. The van der Waals surface area contributed by atoms with E-state index in [0.717, 1.165) is 13.1 Å². The smallest absolute Gasteiger partial charge is 0.260 e. The molecule has 142 valence electrons. The summed E-state index contributed by atoms with van der Waals surface area (Å²) in [4.78, 5) is 27.7. The molecule has 0 amide bonds. The normalized spacial score (nSPS) is 23.3. The average Bonchev–Trinajstić information content (AvgIpc) is 2.77. The van der Waals surface area contributed by atoms with Crippen LogP contribution in [0.5, 0.6) is 0 Å². The molecule has 1 aliphatic heterocycles. The van der Waals surface area contributed by atoms with Gasteiger partial charge in [0.1, 0.15) is 6.20 Å². The van der Waals surface area contributed by atoms with Gasteiger partial charge in [0.25, 0.3) is 5.78 Å². The first-order valence-electron chi connectivity index (χ1n) is 8.97. The summed E-state index contributed by atoms with van der Waals surface area (Å²) in [6.45, 7) is 6.02. The molecule has 5 heteroatoms. The highest BCUT2D eigenvalue weighted by atomic mass is 16.5. The summed E-state index contributed by atoms with van der Waals surface area (Å²) in [5, 5.41) is 0. The van der Waals surface area contributed by atoms with Gasteiger partial charge in [-0.25, -0.2) is 0 Å².